The molecule has 0 aliphatic heterocycles. The van der Waals surface area contributed by atoms with E-state index in [1.54, 1.807) is 14.1 Å². The van der Waals surface area contributed by atoms with E-state index in [9.17, 15) is 18.0 Å². The number of halogens is 4. The van der Waals surface area contributed by atoms with Crippen molar-refractivity contribution in [3.05, 3.63) is 40.4 Å². The molecule has 0 saturated carbocycles. The highest BCUT2D eigenvalue weighted by molar-refractivity contribution is 6.31. The molecule has 118 valence electrons. The average molecular weight is 334 g/mol. The summed E-state index contributed by atoms with van der Waals surface area (Å²) >= 11 is 5.81. The van der Waals surface area contributed by atoms with Crippen molar-refractivity contribution in [3.8, 4) is 0 Å². The van der Waals surface area contributed by atoms with Crippen LogP contribution in [0.3, 0.4) is 0 Å². The van der Waals surface area contributed by atoms with E-state index in [1.807, 2.05) is 0 Å². The average Bonchev–Trinajstić information content (AvgIpc) is 2.87. The standard InChI is InChI=1S/C12H11ClF3N5O/c1-20(2)11(22)10-6-21(19-18-10)5-9-8(13)3-7(4-17-9)12(14,15)16/h3-4,6H,5H2,1-2H3. The second kappa shape index (κ2) is 5.91. The number of rotatable bonds is 3. The SMILES string of the molecule is CN(C)C(=O)c1cn(Cc2ncc(C(F)(F)F)cc2Cl)nn1. The van der Waals surface area contributed by atoms with E-state index in [0.717, 1.165) is 6.07 Å². The first kappa shape index (κ1) is 16.2. The molecule has 2 aromatic heterocycles. The van der Waals surface area contributed by atoms with Crippen molar-refractivity contribution in [2.24, 2.45) is 0 Å². The summed E-state index contributed by atoms with van der Waals surface area (Å²) in [4.78, 5) is 16.7. The van der Waals surface area contributed by atoms with Gasteiger partial charge in [0.2, 0.25) is 0 Å². The van der Waals surface area contributed by atoms with Crippen LogP contribution >= 0.6 is 11.6 Å². The number of alkyl halides is 3. The molecule has 10 heteroatoms. The molecule has 2 heterocycles. The van der Waals surface area contributed by atoms with Crippen molar-refractivity contribution in [1.82, 2.24) is 24.9 Å². The van der Waals surface area contributed by atoms with Gasteiger partial charge >= 0.3 is 6.18 Å². The first-order chi connectivity index (χ1) is 10.2. The Morgan fingerprint density at radius 2 is 2.09 bits per heavy atom. The molecule has 0 saturated heterocycles. The highest BCUT2D eigenvalue weighted by atomic mass is 35.5. The molecule has 0 atom stereocenters. The van der Waals surface area contributed by atoms with Gasteiger partial charge in [-0.1, -0.05) is 16.8 Å². The lowest BCUT2D eigenvalue weighted by Crippen LogP contribution is -2.22. The van der Waals surface area contributed by atoms with Crippen LogP contribution < -0.4 is 0 Å². The Morgan fingerprint density at radius 1 is 1.41 bits per heavy atom. The predicted molar refractivity (Wildman–Crippen MR) is 71.4 cm³/mol. The number of nitrogens with zero attached hydrogens (tertiary/aromatic N) is 5. The van der Waals surface area contributed by atoms with E-state index in [0.29, 0.717) is 6.20 Å². The maximum Gasteiger partial charge on any atom is 0.417 e. The van der Waals surface area contributed by atoms with Crippen molar-refractivity contribution in [2.45, 2.75) is 12.7 Å². The number of pyridine rings is 1. The zero-order chi connectivity index (χ0) is 16.5. The topological polar surface area (TPSA) is 63.9 Å². The zero-order valence-corrected chi connectivity index (χ0v) is 12.4. The fourth-order valence-corrected chi connectivity index (χ4v) is 1.82. The molecule has 0 bridgehead atoms. The fourth-order valence-electron chi connectivity index (χ4n) is 1.59. The van der Waals surface area contributed by atoms with E-state index in [2.05, 4.69) is 15.3 Å². The minimum atomic E-state index is -4.51. The van der Waals surface area contributed by atoms with Crippen LogP contribution in [-0.4, -0.2) is 44.9 Å². The lowest BCUT2D eigenvalue weighted by Gasteiger charge is -2.09. The predicted octanol–water partition coefficient (Wildman–Crippen LogP) is 2.10. The third-order valence-corrected chi connectivity index (χ3v) is 3.05. The maximum absolute atomic E-state index is 12.5. The van der Waals surface area contributed by atoms with Crippen LogP contribution in [0.2, 0.25) is 5.02 Å². The molecule has 0 fully saturated rings. The Labute approximate surface area is 128 Å². The van der Waals surface area contributed by atoms with Crippen molar-refractivity contribution in [2.75, 3.05) is 14.1 Å². The number of hydrogen-bond acceptors (Lipinski definition) is 4. The summed E-state index contributed by atoms with van der Waals surface area (Å²) in [7, 11) is 3.13. The van der Waals surface area contributed by atoms with Gasteiger partial charge < -0.3 is 4.90 Å². The smallest absolute Gasteiger partial charge is 0.343 e. The van der Waals surface area contributed by atoms with Crippen LogP contribution in [0.4, 0.5) is 13.2 Å². The number of hydrogen-bond donors (Lipinski definition) is 0. The molecule has 0 spiro atoms. The summed E-state index contributed by atoms with van der Waals surface area (Å²) < 4.78 is 38.9. The van der Waals surface area contributed by atoms with Crippen LogP contribution in [0.25, 0.3) is 0 Å². The van der Waals surface area contributed by atoms with Gasteiger partial charge in [0.1, 0.15) is 0 Å². The summed E-state index contributed by atoms with van der Waals surface area (Å²) in [5, 5.41) is 7.28. The highest BCUT2D eigenvalue weighted by Crippen LogP contribution is 2.31. The summed E-state index contributed by atoms with van der Waals surface area (Å²) in [6.45, 7) is 0.00464. The Morgan fingerprint density at radius 3 is 2.64 bits per heavy atom. The molecule has 2 aromatic rings. The normalized spacial score (nSPS) is 11.5. The number of carbonyl (C=O) groups is 1. The molecule has 22 heavy (non-hydrogen) atoms. The number of carbonyl (C=O) groups excluding carboxylic acids is 1. The second-order valence-electron chi connectivity index (χ2n) is 4.65. The molecule has 0 aliphatic carbocycles. The van der Waals surface area contributed by atoms with Crippen molar-refractivity contribution < 1.29 is 18.0 Å². The van der Waals surface area contributed by atoms with Gasteiger partial charge in [-0.3, -0.25) is 9.78 Å². The van der Waals surface area contributed by atoms with E-state index in [1.165, 1.54) is 15.8 Å². The molecule has 0 N–H and O–H groups in total. The third-order valence-electron chi connectivity index (χ3n) is 2.72. The minimum absolute atomic E-state index is 0.00464. The Kier molecular flexibility index (Phi) is 4.36. The Balaban J connectivity index is 2.20. The Bertz CT molecular complexity index is 698. The summed E-state index contributed by atoms with van der Waals surface area (Å²) in [5.41, 5.74) is -0.611. The van der Waals surface area contributed by atoms with E-state index >= 15 is 0 Å². The third kappa shape index (κ3) is 3.53. The van der Waals surface area contributed by atoms with Gasteiger partial charge in [-0.05, 0) is 6.07 Å². The van der Waals surface area contributed by atoms with Gasteiger partial charge in [0.05, 0.1) is 29.0 Å². The molecular formula is C12H11ClF3N5O. The van der Waals surface area contributed by atoms with Gasteiger partial charge in [-0.2, -0.15) is 13.2 Å². The molecule has 0 aromatic carbocycles. The van der Waals surface area contributed by atoms with Crippen molar-refractivity contribution >= 4 is 17.5 Å². The van der Waals surface area contributed by atoms with E-state index < -0.39 is 11.7 Å². The molecule has 6 nitrogen and oxygen atoms in total. The number of amides is 1. The first-order valence-electron chi connectivity index (χ1n) is 6.02. The lowest BCUT2D eigenvalue weighted by atomic mass is 10.2. The molecule has 0 aliphatic rings. The van der Waals surface area contributed by atoms with Crippen molar-refractivity contribution in [1.29, 1.82) is 0 Å². The van der Waals surface area contributed by atoms with Crippen LogP contribution in [0, 0.1) is 0 Å². The van der Waals surface area contributed by atoms with E-state index in [4.69, 9.17) is 11.6 Å². The quantitative estimate of drug-likeness (QED) is 0.863. The summed E-state index contributed by atoms with van der Waals surface area (Å²) in [6.07, 6.45) is -2.43. The zero-order valence-electron chi connectivity index (χ0n) is 11.6. The van der Waals surface area contributed by atoms with Gasteiger partial charge in [-0.25, -0.2) is 4.68 Å². The van der Waals surface area contributed by atoms with Crippen molar-refractivity contribution in [3.63, 3.8) is 0 Å². The summed E-state index contributed by atoms with van der Waals surface area (Å²) in [6, 6.07) is 0.798. The van der Waals surface area contributed by atoms with Crippen LogP contribution in [0.1, 0.15) is 21.7 Å². The van der Waals surface area contributed by atoms with Crippen LogP contribution in [-0.2, 0) is 12.7 Å². The van der Waals surface area contributed by atoms with Gasteiger partial charge in [0.15, 0.2) is 5.69 Å². The second-order valence-corrected chi connectivity index (χ2v) is 5.06. The molecular weight excluding hydrogens is 323 g/mol. The fraction of sp³-hybridized carbons (Fsp3) is 0.333. The van der Waals surface area contributed by atoms with Gasteiger partial charge in [-0.15, -0.1) is 5.10 Å². The first-order valence-corrected chi connectivity index (χ1v) is 6.39. The minimum Gasteiger partial charge on any atom is -0.343 e. The molecule has 1 amide bonds. The number of aromatic nitrogens is 4. The maximum atomic E-state index is 12.5. The molecule has 0 radical (unpaired) electrons. The molecule has 2 rings (SSSR count). The van der Waals surface area contributed by atoms with E-state index in [-0.39, 0.29) is 28.9 Å². The lowest BCUT2D eigenvalue weighted by molar-refractivity contribution is -0.137. The van der Waals surface area contributed by atoms with Gasteiger partial charge in [0, 0.05) is 20.3 Å². The largest absolute Gasteiger partial charge is 0.417 e. The van der Waals surface area contributed by atoms with Crippen LogP contribution in [0.5, 0.6) is 0 Å². The van der Waals surface area contributed by atoms with Gasteiger partial charge in [0.25, 0.3) is 5.91 Å². The van der Waals surface area contributed by atoms with Crippen LogP contribution in [0.15, 0.2) is 18.5 Å². The highest BCUT2D eigenvalue weighted by Gasteiger charge is 2.31. The monoisotopic (exact) mass is 333 g/mol. The summed E-state index contributed by atoms with van der Waals surface area (Å²) in [5.74, 6) is -0.335. The molecule has 0 unspecified atom stereocenters. The Hall–Kier alpha value is -2.16.